The highest BCUT2D eigenvalue weighted by Gasteiger charge is 2.41. The van der Waals surface area contributed by atoms with Gasteiger partial charge < -0.3 is 0 Å². The van der Waals surface area contributed by atoms with Gasteiger partial charge in [-0.1, -0.05) is 12.8 Å². The van der Waals surface area contributed by atoms with Crippen molar-refractivity contribution in [3.05, 3.63) is 33.6 Å². The number of rotatable bonds is 2. The molecule has 0 radical (unpaired) electrons. The summed E-state index contributed by atoms with van der Waals surface area (Å²) in [5.74, 6) is -3.07. The first kappa shape index (κ1) is 13.3. The van der Waals surface area contributed by atoms with E-state index in [0.717, 1.165) is 0 Å². The summed E-state index contributed by atoms with van der Waals surface area (Å²) in [4.78, 5) is 14.1. The van der Waals surface area contributed by atoms with E-state index in [9.17, 15) is 18.0 Å². The number of isocyanates is 1. The van der Waals surface area contributed by atoms with Gasteiger partial charge in [0, 0.05) is 6.07 Å². The van der Waals surface area contributed by atoms with Crippen molar-refractivity contribution in [3.8, 4) is 0 Å². The maximum Gasteiger partial charge on any atom is 0.235 e. The van der Waals surface area contributed by atoms with Gasteiger partial charge in [-0.25, -0.2) is 18.0 Å². The van der Waals surface area contributed by atoms with Crippen LogP contribution in [0.5, 0.6) is 0 Å². The highest BCUT2D eigenvalue weighted by atomic mass is 79.9. The highest BCUT2D eigenvalue weighted by molar-refractivity contribution is 9.10. The van der Waals surface area contributed by atoms with Gasteiger partial charge in [-0.3, -0.25) is 0 Å². The van der Waals surface area contributed by atoms with Crippen LogP contribution in [0.1, 0.15) is 31.2 Å². The fourth-order valence-corrected chi connectivity index (χ4v) is 2.77. The van der Waals surface area contributed by atoms with Crippen molar-refractivity contribution in [1.29, 1.82) is 0 Å². The summed E-state index contributed by atoms with van der Waals surface area (Å²) >= 11 is 2.73. The molecule has 2 rings (SSSR count). The Balaban J connectivity index is 2.69. The number of benzene rings is 1. The summed E-state index contributed by atoms with van der Waals surface area (Å²) in [6, 6.07) is 0.600. The molecule has 0 amide bonds. The zero-order valence-corrected chi connectivity index (χ0v) is 10.9. The van der Waals surface area contributed by atoms with E-state index in [4.69, 9.17) is 0 Å². The van der Waals surface area contributed by atoms with Gasteiger partial charge in [-0.2, -0.15) is 4.99 Å². The molecule has 96 valence electrons. The number of carbonyl (C=O) groups excluding carboxylic acids is 1. The predicted octanol–water partition coefficient (Wildman–Crippen LogP) is 3.97. The van der Waals surface area contributed by atoms with Crippen LogP contribution in [-0.4, -0.2) is 6.08 Å². The molecule has 0 spiro atoms. The highest BCUT2D eigenvalue weighted by Crippen LogP contribution is 2.45. The summed E-state index contributed by atoms with van der Waals surface area (Å²) in [5, 5.41) is 0. The van der Waals surface area contributed by atoms with E-state index in [0.29, 0.717) is 31.7 Å². The van der Waals surface area contributed by atoms with E-state index in [2.05, 4.69) is 20.9 Å². The van der Waals surface area contributed by atoms with Gasteiger partial charge >= 0.3 is 0 Å². The molecular weight excluding hydrogens is 311 g/mol. The van der Waals surface area contributed by atoms with Crippen molar-refractivity contribution in [1.82, 2.24) is 0 Å². The fraction of sp³-hybridized carbons (Fsp3) is 0.417. The normalized spacial score (nSPS) is 17.6. The molecule has 0 aromatic heterocycles. The summed E-state index contributed by atoms with van der Waals surface area (Å²) in [5.41, 5.74) is -1.59. The van der Waals surface area contributed by atoms with Crippen molar-refractivity contribution >= 4 is 22.0 Å². The largest absolute Gasteiger partial charge is 0.235 e. The van der Waals surface area contributed by atoms with Crippen LogP contribution in [-0.2, 0) is 10.3 Å². The maximum atomic E-state index is 14.0. The molecule has 2 nitrogen and oxygen atoms in total. The molecule has 1 saturated carbocycles. The molecule has 0 atom stereocenters. The smallest absolute Gasteiger partial charge is 0.211 e. The fourth-order valence-electron chi connectivity index (χ4n) is 2.46. The lowest BCUT2D eigenvalue weighted by molar-refractivity contribution is 0.397. The van der Waals surface area contributed by atoms with E-state index in [-0.39, 0.29) is 5.56 Å². The molecular formula is C12H9BrF3NO. The third kappa shape index (κ3) is 1.99. The van der Waals surface area contributed by atoms with Crippen LogP contribution in [0, 0.1) is 17.5 Å². The molecule has 0 N–H and O–H groups in total. The third-order valence-corrected chi connectivity index (χ3v) is 4.00. The molecule has 0 bridgehead atoms. The molecule has 1 aliphatic carbocycles. The molecule has 6 heteroatoms. The lowest BCUT2D eigenvalue weighted by Crippen LogP contribution is -2.23. The lowest BCUT2D eigenvalue weighted by atomic mass is 9.88. The van der Waals surface area contributed by atoms with Crippen molar-refractivity contribution in [2.24, 2.45) is 4.99 Å². The minimum atomic E-state index is -1.24. The Morgan fingerprint density at radius 2 is 1.83 bits per heavy atom. The average Bonchev–Trinajstić information content (AvgIpc) is 2.76. The van der Waals surface area contributed by atoms with Crippen LogP contribution in [0.4, 0.5) is 13.2 Å². The monoisotopic (exact) mass is 319 g/mol. The quantitative estimate of drug-likeness (QED) is 0.351. The first-order valence-electron chi connectivity index (χ1n) is 5.44. The van der Waals surface area contributed by atoms with Gasteiger partial charge in [0.25, 0.3) is 0 Å². The van der Waals surface area contributed by atoms with E-state index >= 15 is 0 Å². The summed E-state index contributed by atoms with van der Waals surface area (Å²) in [6.07, 6.45) is 3.50. The second-order valence-corrected chi connectivity index (χ2v) is 5.08. The first-order chi connectivity index (χ1) is 8.52. The molecule has 1 aromatic carbocycles. The Bertz CT molecular complexity index is 535. The lowest BCUT2D eigenvalue weighted by Gasteiger charge is -2.24. The molecule has 0 unspecified atom stereocenters. The van der Waals surface area contributed by atoms with E-state index in [1.165, 1.54) is 6.08 Å². The molecule has 1 aromatic rings. The number of hydrogen-bond acceptors (Lipinski definition) is 2. The molecule has 0 aliphatic heterocycles. The van der Waals surface area contributed by atoms with Gasteiger partial charge in [-0.15, -0.1) is 0 Å². The summed E-state index contributed by atoms with van der Waals surface area (Å²) < 4.78 is 40.6. The number of hydrogen-bond donors (Lipinski definition) is 0. The van der Waals surface area contributed by atoms with Crippen molar-refractivity contribution < 1.29 is 18.0 Å². The number of nitrogens with zero attached hydrogens (tertiary/aromatic N) is 1. The van der Waals surface area contributed by atoms with Crippen LogP contribution in [0.15, 0.2) is 15.5 Å². The Morgan fingerprint density at radius 1 is 1.22 bits per heavy atom. The summed E-state index contributed by atoms with van der Waals surface area (Å²) in [7, 11) is 0. The van der Waals surface area contributed by atoms with Gasteiger partial charge in [0.2, 0.25) is 6.08 Å². The van der Waals surface area contributed by atoms with Crippen LogP contribution in [0.3, 0.4) is 0 Å². The Morgan fingerprint density at radius 3 is 2.39 bits per heavy atom. The Kier molecular flexibility index (Phi) is 3.59. The Labute approximate surface area is 110 Å². The van der Waals surface area contributed by atoms with Gasteiger partial charge in [0.15, 0.2) is 0 Å². The van der Waals surface area contributed by atoms with E-state index < -0.39 is 27.5 Å². The van der Waals surface area contributed by atoms with Crippen LogP contribution < -0.4 is 0 Å². The zero-order chi connectivity index (χ0) is 13.3. The first-order valence-corrected chi connectivity index (χ1v) is 6.23. The van der Waals surface area contributed by atoms with Crippen LogP contribution in [0.25, 0.3) is 0 Å². The van der Waals surface area contributed by atoms with E-state index in [1.807, 2.05) is 0 Å². The van der Waals surface area contributed by atoms with Gasteiger partial charge in [-0.05, 0) is 28.8 Å². The topological polar surface area (TPSA) is 29.4 Å². The van der Waals surface area contributed by atoms with E-state index in [1.54, 1.807) is 0 Å². The second kappa shape index (κ2) is 4.86. The van der Waals surface area contributed by atoms with Crippen molar-refractivity contribution in [2.45, 2.75) is 31.2 Å². The van der Waals surface area contributed by atoms with Crippen LogP contribution in [0.2, 0.25) is 0 Å². The summed E-state index contributed by atoms with van der Waals surface area (Å²) in [6.45, 7) is 0. The molecule has 1 fully saturated rings. The predicted molar refractivity (Wildman–Crippen MR) is 62.3 cm³/mol. The van der Waals surface area contributed by atoms with Gasteiger partial charge in [0.05, 0.1) is 10.0 Å². The Hall–Kier alpha value is -1.13. The number of aliphatic imine (C=N–C) groups is 1. The average molecular weight is 320 g/mol. The SMILES string of the molecule is O=C=NC1(c2c(F)cc(F)c(Br)c2F)CCCC1. The second-order valence-electron chi connectivity index (χ2n) is 4.28. The molecule has 1 aliphatic rings. The standard InChI is InChI=1S/C12H9BrF3NO/c13-10-8(15)5-7(14)9(11(10)16)12(17-6-18)3-1-2-4-12/h5H,1-4H2. The van der Waals surface area contributed by atoms with Crippen molar-refractivity contribution in [3.63, 3.8) is 0 Å². The minimum Gasteiger partial charge on any atom is -0.211 e. The number of halogens is 4. The molecule has 18 heavy (non-hydrogen) atoms. The molecule has 0 saturated heterocycles. The molecule has 0 heterocycles. The minimum absolute atomic E-state index is 0.350. The maximum absolute atomic E-state index is 14.0. The third-order valence-electron chi connectivity index (χ3n) is 3.27. The van der Waals surface area contributed by atoms with Gasteiger partial charge in [0.1, 0.15) is 23.0 Å². The van der Waals surface area contributed by atoms with Crippen LogP contribution >= 0.6 is 15.9 Å². The zero-order valence-electron chi connectivity index (χ0n) is 9.27. The van der Waals surface area contributed by atoms with Crippen molar-refractivity contribution in [2.75, 3.05) is 0 Å².